The van der Waals surface area contributed by atoms with Gasteiger partial charge in [0.2, 0.25) is 0 Å². The lowest BCUT2D eigenvalue weighted by molar-refractivity contribution is 0.133. The molecule has 0 bridgehead atoms. The van der Waals surface area contributed by atoms with Crippen molar-refractivity contribution in [3.63, 3.8) is 0 Å². The van der Waals surface area contributed by atoms with E-state index in [0.717, 1.165) is 18.9 Å². The number of nitriles is 1. The summed E-state index contributed by atoms with van der Waals surface area (Å²) in [6.07, 6.45) is 3.67. The molecule has 0 saturated heterocycles. The summed E-state index contributed by atoms with van der Waals surface area (Å²) < 4.78 is 0. The predicted octanol–water partition coefficient (Wildman–Crippen LogP) is 2.78. The van der Waals surface area contributed by atoms with Crippen LogP contribution in [-0.2, 0) is 0 Å². The van der Waals surface area contributed by atoms with Crippen molar-refractivity contribution in [3.05, 3.63) is 0 Å². The molecule has 1 aliphatic carbocycles. The van der Waals surface area contributed by atoms with Gasteiger partial charge in [0.05, 0.1) is 6.07 Å². The molecule has 0 aromatic heterocycles. The molecule has 1 fully saturated rings. The molecule has 0 heterocycles. The normalized spacial score (nSPS) is 20.8. The highest BCUT2D eigenvalue weighted by Gasteiger charge is 2.32. The van der Waals surface area contributed by atoms with E-state index >= 15 is 0 Å². The Morgan fingerprint density at radius 2 is 2.00 bits per heavy atom. The number of hydrogen-bond acceptors (Lipinski definition) is 3. The van der Waals surface area contributed by atoms with E-state index < -0.39 is 5.54 Å². The molecule has 3 heteroatoms. The van der Waals surface area contributed by atoms with Crippen molar-refractivity contribution in [2.45, 2.75) is 71.5 Å². The standard InChI is InChI=1S/C15H29N3/c1-6-17-15(5,11-16)9-13(4)18(12(2)3)10-14-7-8-14/h12-14,17H,6-10H2,1-5H3. The van der Waals surface area contributed by atoms with E-state index in [4.69, 9.17) is 0 Å². The Labute approximate surface area is 113 Å². The Hall–Kier alpha value is -0.590. The topological polar surface area (TPSA) is 39.1 Å². The van der Waals surface area contributed by atoms with E-state index in [1.807, 2.05) is 6.92 Å². The minimum Gasteiger partial charge on any atom is -0.300 e. The van der Waals surface area contributed by atoms with Crippen molar-refractivity contribution in [2.75, 3.05) is 13.1 Å². The number of hydrogen-bond donors (Lipinski definition) is 1. The van der Waals surface area contributed by atoms with Crippen LogP contribution in [-0.4, -0.2) is 35.6 Å². The zero-order chi connectivity index (χ0) is 13.8. The average Bonchev–Trinajstić information content (AvgIpc) is 3.09. The fourth-order valence-corrected chi connectivity index (χ4v) is 2.75. The van der Waals surface area contributed by atoms with Gasteiger partial charge in [-0.3, -0.25) is 10.2 Å². The molecular formula is C15H29N3. The van der Waals surface area contributed by atoms with Gasteiger partial charge in [-0.1, -0.05) is 6.92 Å². The monoisotopic (exact) mass is 251 g/mol. The van der Waals surface area contributed by atoms with Gasteiger partial charge in [-0.15, -0.1) is 0 Å². The molecule has 0 spiro atoms. The van der Waals surface area contributed by atoms with Gasteiger partial charge in [0.15, 0.2) is 0 Å². The van der Waals surface area contributed by atoms with E-state index in [1.165, 1.54) is 19.4 Å². The molecule has 0 amide bonds. The summed E-state index contributed by atoms with van der Waals surface area (Å²) in [6.45, 7) is 12.9. The summed E-state index contributed by atoms with van der Waals surface area (Å²) in [5.41, 5.74) is -0.398. The van der Waals surface area contributed by atoms with Crippen molar-refractivity contribution in [3.8, 4) is 6.07 Å². The number of nitrogens with zero attached hydrogens (tertiary/aromatic N) is 2. The van der Waals surface area contributed by atoms with E-state index in [9.17, 15) is 5.26 Å². The SMILES string of the molecule is CCNC(C)(C#N)CC(C)N(CC1CC1)C(C)C. The Bertz CT molecular complexity index is 291. The summed E-state index contributed by atoms with van der Waals surface area (Å²) in [5.74, 6) is 0.905. The van der Waals surface area contributed by atoms with Gasteiger partial charge < -0.3 is 0 Å². The van der Waals surface area contributed by atoms with Crippen LogP contribution in [0.1, 0.15) is 53.9 Å². The Morgan fingerprint density at radius 1 is 1.39 bits per heavy atom. The maximum atomic E-state index is 9.35. The van der Waals surface area contributed by atoms with Crippen LogP contribution in [0.5, 0.6) is 0 Å². The highest BCUT2D eigenvalue weighted by atomic mass is 15.2. The van der Waals surface area contributed by atoms with Crippen molar-refractivity contribution >= 4 is 0 Å². The molecule has 0 radical (unpaired) electrons. The van der Waals surface area contributed by atoms with Crippen LogP contribution in [0.25, 0.3) is 0 Å². The molecule has 1 aliphatic rings. The van der Waals surface area contributed by atoms with Gasteiger partial charge >= 0.3 is 0 Å². The maximum absolute atomic E-state index is 9.35. The number of nitrogens with one attached hydrogen (secondary N) is 1. The predicted molar refractivity (Wildman–Crippen MR) is 76.3 cm³/mol. The zero-order valence-corrected chi connectivity index (χ0v) is 12.7. The smallest absolute Gasteiger partial charge is 0.105 e. The Balaban J connectivity index is 2.58. The molecule has 1 rings (SSSR count). The minimum atomic E-state index is -0.398. The lowest BCUT2D eigenvalue weighted by Crippen LogP contribution is -2.49. The Kier molecular flexibility index (Phi) is 5.62. The summed E-state index contributed by atoms with van der Waals surface area (Å²) in [7, 11) is 0. The summed E-state index contributed by atoms with van der Waals surface area (Å²) in [6, 6.07) is 3.45. The van der Waals surface area contributed by atoms with Crippen LogP contribution in [0.15, 0.2) is 0 Å². The van der Waals surface area contributed by atoms with Gasteiger partial charge in [0.1, 0.15) is 5.54 Å². The molecular weight excluding hydrogens is 222 g/mol. The van der Waals surface area contributed by atoms with Crippen LogP contribution in [0, 0.1) is 17.2 Å². The van der Waals surface area contributed by atoms with Crippen LogP contribution in [0.4, 0.5) is 0 Å². The van der Waals surface area contributed by atoms with E-state index in [2.05, 4.69) is 44.0 Å². The molecule has 1 saturated carbocycles. The van der Waals surface area contributed by atoms with Crippen molar-refractivity contribution < 1.29 is 0 Å². The molecule has 0 aliphatic heterocycles. The van der Waals surface area contributed by atoms with Crippen LogP contribution in [0.3, 0.4) is 0 Å². The third-order valence-electron chi connectivity index (χ3n) is 3.91. The molecule has 3 nitrogen and oxygen atoms in total. The van der Waals surface area contributed by atoms with E-state index in [1.54, 1.807) is 0 Å². The summed E-state index contributed by atoms with van der Waals surface area (Å²) in [5, 5.41) is 12.7. The lowest BCUT2D eigenvalue weighted by atomic mass is 9.93. The summed E-state index contributed by atoms with van der Waals surface area (Å²) in [4.78, 5) is 2.56. The Morgan fingerprint density at radius 3 is 2.39 bits per heavy atom. The highest BCUT2D eigenvalue weighted by molar-refractivity contribution is 5.05. The fraction of sp³-hybridized carbons (Fsp3) is 0.933. The number of rotatable bonds is 8. The van der Waals surface area contributed by atoms with Crippen LogP contribution < -0.4 is 5.32 Å². The highest BCUT2D eigenvalue weighted by Crippen LogP contribution is 2.31. The molecule has 0 aromatic rings. The zero-order valence-electron chi connectivity index (χ0n) is 12.7. The second-order valence-electron chi connectivity index (χ2n) is 6.26. The van der Waals surface area contributed by atoms with Gasteiger partial charge in [-0.2, -0.15) is 5.26 Å². The van der Waals surface area contributed by atoms with Crippen molar-refractivity contribution in [1.29, 1.82) is 5.26 Å². The molecule has 104 valence electrons. The van der Waals surface area contributed by atoms with E-state index in [0.29, 0.717) is 12.1 Å². The molecule has 2 atom stereocenters. The van der Waals surface area contributed by atoms with Crippen molar-refractivity contribution in [2.24, 2.45) is 5.92 Å². The second kappa shape index (κ2) is 6.54. The van der Waals surface area contributed by atoms with Gasteiger partial charge in [0, 0.05) is 18.6 Å². The van der Waals surface area contributed by atoms with Gasteiger partial charge in [-0.05, 0) is 59.4 Å². The third kappa shape index (κ3) is 4.59. The minimum absolute atomic E-state index is 0.398. The van der Waals surface area contributed by atoms with Crippen LogP contribution in [0.2, 0.25) is 0 Å². The molecule has 18 heavy (non-hydrogen) atoms. The van der Waals surface area contributed by atoms with Gasteiger partial charge in [0.25, 0.3) is 0 Å². The van der Waals surface area contributed by atoms with Crippen LogP contribution >= 0.6 is 0 Å². The first-order valence-corrected chi connectivity index (χ1v) is 7.34. The first kappa shape index (κ1) is 15.5. The quantitative estimate of drug-likeness (QED) is 0.721. The summed E-state index contributed by atoms with van der Waals surface area (Å²) >= 11 is 0. The lowest BCUT2D eigenvalue weighted by Gasteiger charge is -2.36. The van der Waals surface area contributed by atoms with Gasteiger partial charge in [-0.25, -0.2) is 0 Å². The molecule has 0 aromatic carbocycles. The fourth-order valence-electron chi connectivity index (χ4n) is 2.75. The third-order valence-corrected chi connectivity index (χ3v) is 3.91. The van der Waals surface area contributed by atoms with Crippen molar-refractivity contribution in [1.82, 2.24) is 10.2 Å². The molecule has 2 unspecified atom stereocenters. The first-order valence-electron chi connectivity index (χ1n) is 7.34. The largest absolute Gasteiger partial charge is 0.300 e. The second-order valence-corrected chi connectivity index (χ2v) is 6.26. The molecule has 1 N–H and O–H groups in total. The first-order chi connectivity index (χ1) is 8.41. The van der Waals surface area contributed by atoms with E-state index in [-0.39, 0.29) is 0 Å². The maximum Gasteiger partial charge on any atom is 0.105 e. The average molecular weight is 251 g/mol.